The molecule has 0 unspecified atom stereocenters. The van der Waals surface area contributed by atoms with Crippen LogP contribution in [0.25, 0.3) is 0 Å². The zero-order valence-corrected chi connectivity index (χ0v) is 7.56. The minimum Gasteiger partial charge on any atom is -0.359 e. The number of fused-ring (bicyclic) bond motifs is 1. The molecule has 0 radical (unpaired) electrons. The molecule has 0 saturated carbocycles. The smallest absolute Gasteiger partial charge is 0.359 e. The number of alkyl halides is 3. The zero-order valence-electron chi connectivity index (χ0n) is 7.56. The van der Waals surface area contributed by atoms with Crippen molar-refractivity contribution >= 4 is 0 Å². The molecule has 0 aromatic heterocycles. The number of aryl methyl sites for hydroxylation is 1. The molecule has 1 aliphatic heterocycles. The summed E-state index contributed by atoms with van der Waals surface area (Å²) in [5.41, 5.74) is 1.72. The summed E-state index contributed by atoms with van der Waals surface area (Å²) in [7, 11) is 0. The topological polar surface area (TPSA) is 9.23 Å². The Hall–Kier alpha value is -1.03. The molecule has 1 atom stereocenters. The van der Waals surface area contributed by atoms with E-state index < -0.39 is 12.3 Å². The van der Waals surface area contributed by atoms with Gasteiger partial charge in [-0.1, -0.05) is 23.8 Å². The lowest BCUT2D eigenvalue weighted by Gasteiger charge is -2.15. The van der Waals surface area contributed by atoms with E-state index in [4.69, 9.17) is 4.74 Å². The molecule has 14 heavy (non-hydrogen) atoms. The predicted molar refractivity (Wildman–Crippen MR) is 44.8 cm³/mol. The summed E-state index contributed by atoms with van der Waals surface area (Å²) < 4.78 is 42.1. The highest BCUT2D eigenvalue weighted by Crippen LogP contribution is 2.42. The maximum Gasteiger partial charge on any atom is 0.418 e. The number of hydrogen-bond donors (Lipinski definition) is 0. The fourth-order valence-electron chi connectivity index (χ4n) is 1.62. The average molecular weight is 202 g/mol. The molecule has 1 aliphatic rings. The normalized spacial score (nSPS) is 21.0. The highest BCUT2D eigenvalue weighted by Gasteiger charge is 2.45. The standard InChI is InChI=1S/C10H9F3O/c1-6-2-3-7-5-14-9(8(7)4-6)10(11,12)13/h2-4,9H,5H2,1H3/t9-/m0/s1. The molecule has 1 aromatic carbocycles. The monoisotopic (exact) mass is 202 g/mol. The van der Waals surface area contributed by atoms with Crippen LogP contribution in [0.2, 0.25) is 0 Å². The molecule has 0 N–H and O–H groups in total. The van der Waals surface area contributed by atoms with Crippen LogP contribution < -0.4 is 0 Å². The predicted octanol–water partition coefficient (Wildman–Crippen LogP) is 3.13. The molecule has 0 spiro atoms. The van der Waals surface area contributed by atoms with Crippen LogP contribution in [0.3, 0.4) is 0 Å². The lowest BCUT2D eigenvalue weighted by Crippen LogP contribution is -2.19. The molecule has 2 rings (SSSR count). The largest absolute Gasteiger partial charge is 0.418 e. The summed E-state index contributed by atoms with van der Waals surface area (Å²) in [6.45, 7) is 1.83. The fraction of sp³-hybridized carbons (Fsp3) is 0.400. The number of rotatable bonds is 0. The van der Waals surface area contributed by atoms with Crippen molar-refractivity contribution in [1.29, 1.82) is 0 Å². The second-order valence-electron chi connectivity index (χ2n) is 3.43. The molecule has 1 aromatic rings. The molecule has 0 fully saturated rings. The van der Waals surface area contributed by atoms with Crippen molar-refractivity contribution in [3.8, 4) is 0 Å². The van der Waals surface area contributed by atoms with Gasteiger partial charge in [-0.3, -0.25) is 0 Å². The third-order valence-electron chi connectivity index (χ3n) is 2.29. The summed E-state index contributed by atoms with van der Waals surface area (Å²) in [6, 6.07) is 5.03. The summed E-state index contributed by atoms with van der Waals surface area (Å²) in [5.74, 6) is 0. The van der Waals surface area contributed by atoms with E-state index in [1.54, 1.807) is 25.1 Å². The Labute approximate surface area is 79.5 Å². The summed E-state index contributed by atoms with van der Waals surface area (Å²) in [4.78, 5) is 0. The van der Waals surface area contributed by atoms with Crippen molar-refractivity contribution in [1.82, 2.24) is 0 Å². The number of benzene rings is 1. The Morgan fingerprint density at radius 3 is 2.71 bits per heavy atom. The van der Waals surface area contributed by atoms with Crippen molar-refractivity contribution in [2.24, 2.45) is 0 Å². The minimum atomic E-state index is -4.31. The molecule has 76 valence electrons. The van der Waals surface area contributed by atoms with E-state index in [0.717, 1.165) is 5.56 Å². The van der Waals surface area contributed by atoms with Crippen LogP contribution in [0, 0.1) is 6.92 Å². The third-order valence-corrected chi connectivity index (χ3v) is 2.29. The van der Waals surface area contributed by atoms with E-state index >= 15 is 0 Å². The van der Waals surface area contributed by atoms with Crippen LogP contribution in [0.4, 0.5) is 13.2 Å². The van der Waals surface area contributed by atoms with Crippen molar-refractivity contribution in [3.63, 3.8) is 0 Å². The zero-order chi connectivity index (χ0) is 10.3. The molecule has 1 nitrogen and oxygen atoms in total. The van der Waals surface area contributed by atoms with Crippen LogP contribution in [-0.4, -0.2) is 6.18 Å². The quantitative estimate of drug-likeness (QED) is 0.628. The lowest BCUT2D eigenvalue weighted by molar-refractivity contribution is -0.219. The molecule has 4 heteroatoms. The maximum absolute atomic E-state index is 12.4. The van der Waals surface area contributed by atoms with E-state index in [-0.39, 0.29) is 12.2 Å². The second-order valence-corrected chi connectivity index (χ2v) is 3.43. The number of ether oxygens (including phenoxy) is 1. The van der Waals surface area contributed by atoms with Crippen LogP contribution in [0.15, 0.2) is 18.2 Å². The molecule has 1 heterocycles. The minimum absolute atomic E-state index is 0.0553. The molecular formula is C10H9F3O. The first-order chi connectivity index (χ1) is 6.48. The summed E-state index contributed by atoms with van der Waals surface area (Å²) in [6.07, 6.45) is -6.05. The molecule has 0 amide bonds. The van der Waals surface area contributed by atoms with Gasteiger partial charge in [0, 0.05) is 0 Å². The van der Waals surface area contributed by atoms with Crippen molar-refractivity contribution in [2.75, 3.05) is 0 Å². The Kier molecular flexibility index (Phi) is 2.03. The SMILES string of the molecule is Cc1ccc2c(c1)[C@@H](C(F)(F)F)OC2. The van der Waals surface area contributed by atoms with Gasteiger partial charge in [0.25, 0.3) is 0 Å². The van der Waals surface area contributed by atoms with E-state index in [2.05, 4.69) is 0 Å². The first kappa shape index (κ1) is 9.52. The molecule has 0 saturated heterocycles. The molecule has 0 aliphatic carbocycles. The fourth-order valence-corrected chi connectivity index (χ4v) is 1.62. The van der Waals surface area contributed by atoms with Gasteiger partial charge < -0.3 is 4.74 Å². The first-order valence-electron chi connectivity index (χ1n) is 4.26. The van der Waals surface area contributed by atoms with E-state index in [1.807, 2.05) is 0 Å². The van der Waals surface area contributed by atoms with Gasteiger partial charge in [-0.05, 0) is 18.1 Å². The van der Waals surface area contributed by atoms with Gasteiger partial charge in [-0.15, -0.1) is 0 Å². The van der Waals surface area contributed by atoms with Crippen LogP contribution >= 0.6 is 0 Å². The average Bonchev–Trinajstić information content (AvgIpc) is 2.45. The maximum atomic E-state index is 12.4. The van der Waals surface area contributed by atoms with Gasteiger partial charge in [0.05, 0.1) is 6.61 Å². The number of hydrogen-bond acceptors (Lipinski definition) is 1. The Morgan fingerprint density at radius 2 is 2.07 bits per heavy atom. The van der Waals surface area contributed by atoms with E-state index in [9.17, 15) is 13.2 Å². The van der Waals surface area contributed by atoms with Gasteiger partial charge in [0.2, 0.25) is 0 Å². The Bertz CT molecular complexity index is 357. The van der Waals surface area contributed by atoms with Gasteiger partial charge in [-0.25, -0.2) is 0 Å². The van der Waals surface area contributed by atoms with Gasteiger partial charge in [0.15, 0.2) is 6.10 Å². The Balaban J connectivity index is 2.43. The number of halogens is 3. The van der Waals surface area contributed by atoms with Crippen LogP contribution in [0.5, 0.6) is 0 Å². The van der Waals surface area contributed by atoms with Gasteiger partial charge in [0.1, 0.15) is 0 Å². The van der Waals surface area contributed by atoms with Crippen LogP contribution in [-0.2, 0) is 11.3 Å². The molecule has 0 bridgehead atoms. The Morgan fingerprint density at radius 1 is 1.36 bits per heavy atom. The molecular weight excluding hydrogens is 193 g/mol. The van der Waals surface area contributed by atoms with Crippen molar-refractivity contribution in [3.05, 3.63) is 34.9 Å². The van der Waals surface area contributed by atoms with E-state index in [0.29, 0.717) is 5.56 Å². The second kappa shape index (κ2) is 2.98. The highest BCUT2D eigenvalue weighted by molar-refractivity contribution is 5.35. The van der Waals surface area contributed by atoms with Crippen LogP contribution in [0.1, 0.15) is 22.8 Å². The summed E-state index contributed by atoms with van der Waals surface area (Å²) in [5, 5.41) is 0. The van der Waals surface area contributed by atoms with Crippen molar-refractivity contribution < 1.29 is 17.9 Å². The van der Waals surface area contributed by atoms with Gasteiger partial charge in [-0.2, -0.15) is 13.2 Å². The summed E-state index contributed by atoms with van der Waals surface area (Å²) >= 11 is 0. The van der Waals surface area contributed by atoms with E-state index in [1.165, 1.54) is 0 Å². The first-order valence-corrected chi connectivity index (χ1v) is 4.26. The lowest BCUT2D eigenvalue weighted by atomic mass is 10.0. The third kappa shape index (κ3) is 1.50. The highest BCUT2D eigenvalue weighted by atomic mass is 19.4. The van der Waals surface area contributed by atoms with Gasteiger partial charge >= 0.3 is 6.18 Å². The van der Waals surface area contributed by atoms with Crippen molar-refractivity contribution in [2.45, 2.75) is 25.8 Å².